The van der Waals surface area contributed by atoms with Crippen LogP contribution in [0.25, 0.3) is 0 Å². The van der Waals surface area contributed by atoms with Crippen LogP contribution in [0, 0.1) is 12.8 Å². The number of rotatable bonds is 8. The highest BCUT2D eigenvalue weighted by atomic mass is 32.1. The zero-order valence-corrected chi connectivity index (χ0v) is 13.5. The van der Waals surface area contributed by atoms with Crippen LogP contribution in [0.4, 0.5) is 5.00 Å². The Balaban J connectivity index is 3.11. The van der Waals surface area contributed by atoms with Gasteiger partial charge in [0.15, 0.2) is 0 Å². The predicted molar refractivity (Wildman–Crippen MR) is 81.7 cm³/mol. The smallest absolute Gasteiger partial charge is 0.340 e. The minimum absolute atomic E-state index is 0.118. The first-order valence-electron chi connectivity index (χ1n) is 6.64. The van der Waals surface area contributed by atoms with Crippen LogP contribution in [0.2, 0.25) is 0 Å². The zero-order valence-electron chi connectivity index (χ0n) is 12.7. The Morgan fingerprint density at radius 2 is 2.00 bits per heavy atom. The number of hydrogen-bond donors (Lipinski definition) is 2. The Bertz CT molecular complexity index is 568. The number of anilines is 1. The average Bonchev–Trinajstić information content (AvgIpc) is 2.83. The van der Waals surface area contributed by atoms with E-state index in [1.54, 1.807) is 11.0 Å². The Kier molecular flexibility index (Phi) is 6.36. The first kappa shape index (κ1) is 18.0. The van der Waals surface area contributed by atoms with Gasteiger partial charge in [0.2, 0.25) is 0 Å². The molecule has 2 N–H and O–H groups in total. The van der Waals surface area contributed by atoms with Crippen LogP contribution in [0.3, 0.4) is 0 Å². The molecule has 1 heterocycles. The largest absolute Gasteiger partial charge is 0.481 e. The lowest BCUT2D eigenvalue weighted by Crippen LogP contribution is -2.34. The minimum atomic E-state index is -0.985. The van der Waals surface area contributed by atoms with E-state index >= 15 is 0 Å². The second-order valence-corrected chi connectivity index (χ2v) is 6.13. The van der Waals surface area contributed by atoms with Gasteiger partial charge in [-0.25, -0.2) is 4.79 Å². The highest BCUT2D eigenvalue weighted by molar-refractivity contribution is 7.16. The molecule has 0 aliphatic heterocycles. The summed E-state index contributed by atoms with van der Waals surface area (Å²) < 4.78 is 4.73. The number of aliphatic carboxylic acids is 2. The molecule has 0 fully saturated rings. The van der Waals surface area contributed by atoms with Crippen molar-refractivity contribution in [2.75, 3.05) is 25.1 Å². The van der Waals surface area contributed by atoms with Crippen molar-refractivity contribution < 1.29 is 29.3 Å². The Morgan fingerprint density at radius 3 is 2.50 bits per heavy atom. The molecule has 0 aliphatic rings. The number of thiophene rings is 1. The quantitative estimate of drug-likeness (QED) is 0.701. The van der Waals surface area contributed by atoms with Crippen LogP contribution in [-0.2, 0) is 14.3 Å². The summed E-state index contributed by atoms with van der Waals surface area (Å²) in [5.41, 5.74) is 0.327. The van der Waals surface area contributed by atoms with Gasteiger partial charge in [0.1, 0.15) is 5.00 Å². The molecule has 0 aromatic carbocycles. The van der Waals surface area contributed by atoms with Crippen LogP contribution in [-0.4, -0.2) is 48.3 Å². The number of hydrogen-bond acceptors (Lipinski definition) is 6. The van der Waals surface area contributed by atoms with Crippen molar-refractivity contribution in [3.05, 3.63) is 16.5 Å². The van der Waals surface area contributed by atoms with Gasteiger partial charge in [0.05, 0.1) is 25.0 Å². The molecule has 0 spiro atoms. The number of ether oxygens (including phenoxy) is 1. The lowest BCUT2D eigenvalue weighted by Gasteiger charge is -2.25. The summed E-state index contributed by atoms with van der Waals surface area (Å²) in [6, 6.07) is 1.66. The van der Waals surface area contributed by atoms with E-state index in [9.17, 15) is 14.4 Å². The molecule has 0 aliphatic carbocycles. The van der Waals surface area contributed by atoms with Gasteiger partial charge in [-0.15, -0.1) is 11.3 Å². The van der Waals surface area contributed by atoms with Gasteiger partial charge in [-0.05, 0) is 13.0 Å². The molecule has 0 bridgehead atoms. The summed E-state index contributed by atoms with van der Waals surface area (Å²) in [5, 5.41) is 18.4. The van der Waals surface area contributed by atoms with Crippen LogP contribution < -0.4 is 4.90 Å². The van der Waals surface area contributed by atoms with Crippen LogP contribution in [0.1, 0.15) is 28.6 Å². The lowest BCUT2D eigenvalue weighted by atomic mass is 10.1. The fraction of sp³-hybridized carbons (Fsp3) is 0.500. The molecule has 0 radical (unpaired) electrons. The second-order valence-electron chi connectivity index (χ2n) is 4.90. The molecule has 122 valence electrons. The number of carboxylic acids is 2. The van der Waals surface area contributed by atoms with Gasteiger partial charge in [-0.1, -0.05) is 6.92 Å². The summed E-state index contributed by atoms with van der Waals surface area (Å²) in [6.07, 6.45) is -0.149. The van der Waals surface area contributed by atoms with E-state index in [-0.39, 0.29) is 19.5 Å². The topological polar surface area (TPSA) is 104 Å². The van der Waals surface area contributed by atoms with Crippen LogP contribution in [0.15, 0.2) is 6.07 Å². The molecule has 1 aromatic rings. The maximum absolute atomic E-state index is 11.8. The van der Waals surface area contributed by atoms with Crippen molar-refractivity contribution >= 4 is 34.2 Å². The van der Waals surface area contributed by atoms with Gasteiger partial charge in [0.25, 0.3) is 0 Å². The molecule has 0 saturated heterocycles. The van der Waals surface area contributed by atoms with Gasteiger partial charge in [-0.3, -0.25) is 9.59 Å². The molecule has 0 amide bonds. The molecule has 7 nitrogen and oxygen atoms in total. The number of aryl methyl sites for hydroxylation is 1. The molecule has 1 unspecified atom stereocenters. The summed E-state index contributed by atoms with van der Waals surface area (Å²) >= 11 is 1.31. The maximum Gasteiger partial charge on any atom is 0.340 e. The third-order valence-corrected chi connectivity index (χ3v) is 4.15. The van der Waals surface area contributed by atoms with E-state index < -0.39 is 23.8 Å². The number of carbonyl (C=O) groups is 3. The van der Waals surface area contributed by atoms with E-state index in [1.807, 2.05) is 6.92 Å². The van der Waals surface area contributed by atoms with Crippen molar-refractivity contribution in [3.63, 3.8) is 0 Å². The van der Waals surface area contributed by atoms with E-state index in [4.69, 9.17) is 14.9 Å². The molecule has 1 rings (SSSR count). The van der Waals surface area contributed by atoms with E-state index in [0.717, 1.165) is 4.88 Å². The third kappa shape index (κ3) is 4.73. The fourth-order valence-electron chi connectivity index (χ4n) is 1.91. The monoisotopic (exact) mass is 329 g/mol. The first-order valence-corrected chi connectivity index (χ1v) is 7.46. The van der Waals surface area contributed by atoms with Gasteiger partial charge in [-0.2, -0.15) is 0 Å². The number of carbonyl (C=O) groups excluding carboxylic acids is 1. The summed E-state index contributed by atoms with van der Waals surface area (Å²) in [7, 11) is 1.26. The number of esters is 1. The van der Waals surface area contributed by atoms with E-state index in [2.05, 4.69) is 0 Å². The molecule has 22 heavy (non-hydrogen) atoms. The Morgan fingerprint density at radius 1 is 1.36 bits per heavy atom. The normalized spacial score (nSPS) is 11.8. The fourth-order valence-corrected chi connectivity index (χ4v) is 2.94. The van der Waals surface area contributed by atoms with Crippen molar-refractivity contribution in [3.8, 4) is 0 Å². The molecular weight excluding hydrogens is 310 g/mol. The van der Waals surface area contributed by atoms with Crippen LogP contribution in [0.5, 0.6) is 0 Å². The number of carboxylic acid groups (broad SMARTS) is 2. The zero-order chi connectivity index (χ0) is 16.9. The first-order chi connectivity index (χ1) is 10.3. The van der Waals surface area contributed by atoms with Crippen molar-refractivity contribution in [1.29, 1.82) is 0 Å². The highest BCUT2D eigenvalue weighted by Gasteiger charge is 2.24. The number of nitrogens with zero attached hydrogens (tertiary/aromatic N) is 1. The van der Waals surface area contributed by atoms with Gasteiger partial charge < -0.3 is 19.8 Å². The van der Waals surface area contributed by atoms with Gasteiger partial charge >= 0.3 is 17.9 Å². The number of methoxy groups -OCH3 is 1. The summed E-state index contributed by atoms with van der Waals surface area (Å²) in [6.45, 7) is 3.59. The third-order valence-electron chi connectivity index (χ3n) is 3.04. The van der Waals surface area contributed by atoms with Gasteiger partial charge in [0, 0.05) is 18.0 Å². The second kappa shape index (κ2) is 7.79. The van der Waals surface area contributed by atoms with Crippen LogP contribution >= 0.6 is 11.3 Å². The lowest BCUT2D eigenvalue weighted by molar-refractivity contribution is -0.140. The Hall–Kier alpha value is -2.09. The van der Waals surface area contributed by atoms with Crippen molar-refractivity contribution in [2.24, 2.45) is 5.92 Å². The predicted octanol–water partition coefficient (Wildman–Crippen LogP) is 1.84. The SMILES string of the molecule is COC(=O)c1cc(C)sc1N(CCC(=O)O)CC(C)C(=O)O. The average molecular weight is 329 g/mol. The molecular formula is C14H19NO6S. The molecule has 1 aromatic heterocycles. The summed E-state index contributed by atoms with van der Waals surface area (Å²) in [5.74, 6) is -3.18. The maximum atomic E-state index is 11.8. The molecule has 1 atom stereocenters. The van der Waals surface area contributed by atoms with Crippen molar-refractivity contribution in [2.45, 2.75) is 20.3 Å². The standard InChI is InChI=1S/C14H19NO6S/c1-8(13(18)19)7-15(5-4-11(16)17)12-10(14(20)21-3)6-9(2)22-12/h6,8H,4-5,7H2,1-3H3,(H,16,17)(H,18,19). The van der Waals surface area contributed by atoms with E-state index in [0.29, 0.717) is 10.6 Å². The molecule has 8 heteroatoms. The Labute approximate surface area is 132 Å². The van der Waals surface area contributed by atoms with Crippen molar-refractivity contribution in [1.82, 2.24) is 0 Å². The highest BCUT2D eigenvalue weighted by Crippen LogP contribution is 2.32. The minimum Gasteiger partial charge on any atom is -0.481 e. The summed E-state index contributed by atoms with van der Waals surface area (Å²) in [4.78, 5) is 36.2. The van der Waals surface area contributed by atoms with E-state index in [1.165, 1.54) is 25.4 Å². The molecule has 0 saturated carbocycles.